The third-order valence-corrected chi connectivity index (χ3v) is 4.59. The Kier molecular flexibility index (Phi) is 5.53. The lowest BCUT2D eigenvalue weighted by molar-refractivity contribution is -0.122. The number of hydrogen-bond donors (Lipinski definition) is 1. The third kappa shape index (κ3) is 4.15. The molecule has 0 bridgehead atoms. The first-order valence-electron chi connectivity index (χ1n) is 8.99. The van der Waals surface area contributed by atoms with Crippen LogP contribution in [-0.4, -0.2) is 28.1 Å². The average molecular weight is 376 g/mol. The Hall–Kier alpha value is -2.77. The maximum atomic E-state index is 13.4. The molecule has 1 aliphatic heterocycles. The SMILES string of the molecule is CCCCn1nc(C)cc1NC(=O)C1CC(=O)N(c2ccc(F)c(F)c2)C1. The molecule has 1 atom stereocenters. The molecule has 0 aliphatic carbocycles. The van der Waals surface area contributed by atoms with Gasteiger partial charge in [-0.3, -0.25) is 9.59 Å². The first kappa shape index (κ1) is 19.0. The maximum Gasteiger partial charge on any atom is 0.230 e. The van der Waals surface area contributed by atoms with Crippen molar-refractivity contribution in [2.24, 2.45) is 5.92 Å². The topological polar surface area (TPSA) is 67.2 Å². The lowest BCUT2D eigenvalue weighted by Crippen LogP contribution is -2.28. The van der Waals surface area contributed by atoms with E-state index in [-0.39, 0.29) is 30.5 Å². The van der Waals surface area contributed by atoms with Crippen molar-refractivity contribution in [1.82, 2.24) is 9.78 Å². The van der Waals surface area contributed by atoms with E-state index in [0.29, 0.717) is 12.4 Å². The van der Waals surface area contributed by atoms with Crippen LogP contribution in [0.15, 0.2) is 24.3 Å². The average Bonchev–Trinajstić information content (AvgIpc) is 3.18. The van der Waals surface area contributed by atoms with Gasteiger partial charge in [-0.1, -0.05) is 13.3 Å². The third-order valence-electron chi connectivity index (χ3n) is 4.59. The van der Waals surface area contributed by atoms with Crippen molar-refractivity contribution >= 4 is 23.3 Å². The Morgan fingerprint density at radius 2 is 2.07 bits per heavy atom. The largest absolute Gasteiger partial charge is 0.311 e. The fraction of sp³-hybridized carbons (Fsp3) is 0.421. The van der Waals surface area contributed by atoms with Crippen molar-refractivity contribution in [3.8, 4) is 0 Å². The molecule has 1 aliphatic rings. The van der Waals surface area contributed by atoms with Gasteiger partial charge >= 0.3 is 0 Å². The lowest BCUT2D eigenvalue weighted by Gasteiger charge is -2.17. The van der Waals surface area contributed by atoms with Gasteiger partial charge in [-0.2, -0.15) is 5.10 Å². The lowest BCUT2D eigenvalue weighted by atomic mass is 10.1. The molecule has 1 saturated heterocycles. The second-order valence-corrected chi connectivity index (χ2v) is 6.74. The Morgan fingerprint density at radius 1 is 1.30 bits per heavy atom. The van der Waals surface area contributed by atoms with Crippen molar-refractivity contribution in [2.45, 2.75) is 39.7 Å². The van der Waals surface area contributed by atoms with E-state index in [4.69, 9.17) is 0 Å². The first-order valence-corrected chi connectivity index (χ1v) is 8.99. The molecule has 0 spiro atoms. The summed E-state index contributed by atoms with van der Waals surface area (Å²) in [4.78, 5) is 26.2. The fourth-order valence-corrected chi connectivity index (χ4v) is 3.14. The summed E-state index contributed by atoms with van der Waals surface area (Å²) >= 11 is 0. The molecular weight excluding hydrogens is 354 g/mol. The van der Waals surface area contributed by atoms with Crippen molar-refractivity contribution < 1.29 is 18.4 Å². The number of aryl methyl sites for hydroxylation is 2. The van der Waals surface area contributed by atoms with E-state index < -0.39 is 17.6 Å². The molecule has 0 saturated carbocycles. The standard InChI is InChI=1S/C19H22F2N4O2/c1-3-4-7-25-17(8-12(2)23-25)22-19(27)13-9-18(26)24(11-13)14-5-6-15(20)16(21)10-14/h5-6,8,10,13H,3-4,7,9,11H2,1-2H3,(H,22,27). The Bertz CT molecular complexity index is 865. The highest BCUT2D eigenvalue weighted by Gasteiger charge is 2.35. The molecule has 8 heteroatoms. The molecular formula is C19H22F2N4O2. The zero-order chi connectivity index (χ0) is 19.6. The van der Waals surface area contributed by atoms with E-state index in [9.17, 15) is 18.4 Å². The van der Waals surface area contributed by atoms with E-state index in [1.54, 1.807) is 10.7 Å². The fourth-order valence-electron chi connectivity index (χ4n) is 3.14. The Balaban J connectivity index is 1.70. The number of carbonyl (C=O) groups excluding carboxylic acids is 2. The molecule has 1 unspecified atom stereocenters. The molecule has 1 aromatic carbocycles. The van der Waals surface area contributed by atoms with Crippen molar-refractivity contribution in [3.63, 3.8) is 0 Å². The van der Waals surface area contributed by atoms with Gasteiger partial charge in [0.05, 0.1) is 11.6 Å². The molecule has 2 heterocycles. The molecule has 3 rings (SSSR count). The summed E-state index contributed by atoms with van der Waals surface area (Å²) in [5.41, 5.74) is 1.05. The summed E-state index contributed by atoms with van der Waals surface area (Å²) in [6.45, 7) is 4.75. The Labute approximate surface area is 156 Å². The summed E-state index contributed by atoms with van der Waals surface area (Å²) in [5, 5.41) is 7.21. The number of anilines is 2. The van der Waals surface area contributed by atoms with E-state index in [1.807, 2.05) is 6.92 Å². The predicted octanol–water partition coefficient (Wildman–Crippen LogP) is 3.26. The summed E-state index contributed by atoms with van der Waals surface area (Å²) in [6, 6.07) is 5.06. The summed E-state index contributed by atoms with van der Waals surface area (Å²) in [6.07, 6.45) is 1.97. The van der Waals surface area contributed by atoms with E-state index >= 15 is 0 Å². The number of benzene rings is 1. The van der Waals surface area contributed by atoms with Gasteiger partial charge in [-0.05, 0) is 25.5 Å². The first-order chi connectivity index (χ1) is 12.9. The number of halogens is 2. The van der Waals surface area contributed by atoms with Crippen molar-refractivity contribution in [3.05, 3.63) is 41.6 Å². The smallest absolute Gasteiger partial charge is 0.230 e. The molecule has 6 nitrogen and oxygen atoms in total. The van der Waals surface area contributed by atoms with Crippen LogP contribution in [0.25, 0.3) is 0 Å². The Morgan fingerprint density at radius 3 is 2.78 bits per heavy atom. The van der Waals surface area contributed by atoms with Gasteiger partial charge in [0.25, 0.3) is 0 Å². The number of unbranched alkanes of at least 4 members (excludes halogenated alkanes) is 1. The highest BCUT2D eigenvalue weighted by Crippen LogP contribution is 2.27. The van der Waals surface area contributed by atoms with Gasteiger partial charge in [-0.25, -0.2) is 13.5 Å². The number of nitrogens with zero attached hydrogens (tertiary/aromatic N) is 3. The molecule has 1 fully saturated rings. The molecule has 27 heavy (non-hydrogen) atoms. The van der Waals surface area contributed by atoms with Gasteiger partial charge in [0.2, 0.25) is 11.8 Å². The van der Waals surface area contributed by atoms with E-state index in [0.717, 1.165) is 30.7 Å². The zero-order valence-corrected chi connectivity index (χ0v) is 15.3. The number of hydrogen-bond acceptors (Lipinski definition) is 3. The summed E-state index contributed by atoms with van der Waals surface area (Å²) in [7, 11) is 0. The molecule has 144 valence electrons. The van der Waals surface area contributed by atoms with Crippen LogP contribution in [0, 0.1) is 24.5 Å². The van der Waals surface area contributed by atoms with Gasteiger partial charge in [-0.15, -0.1) is 0 Å². The van der Waals surface area contributed by atoms with Crippen LogP contribution in [0.2, 0.25) is 0 Å². The number of carbonyl (C=O) groups is 2. The quantitative estimate of drug-likeness (QED) is 0.841. The van der Waals surface area contributed by atoms with Crippen LogP contribution < -0.4 is 10.2 Å². The highest BCUT2D eigenvalue weighted by molar-refractivity contribution is 6.03. The second kappa shape index (κ2) is 7.85. The van der Waals surface area contributed by atoms with Gasteiger partial charge in [0, 0.05) is 37.3 Å². The van der Waals surface area contributed by atoms with E-state index in [2.05, 4.69) is 17.3 Å². The summed E-state index contributed by atoms with van der Waals surface area (Å²) in [5.74, 6) is -2.55. The monoisotopic (exact) mass is 376 g/mol. The maximum absolute atomic E-state index is 13.4. The number of rotatable bonds is 6. The molecule has 2 aromatic rings. The minimum Gasteiger partial charge on any atom is -0.311 e. The van der Waals surface area contributed by atoms with Crippen LogP contribution in [-0.2, 0) is 16.1 Å². The molecule has 0 radical (unpaired) electrons. The second-order valence-electron chi connectivity index (χ2n) is 6.74. The predicted molar refractivity (Wildman–Crippen MR) is 97.3 cm³/mol. The normalized spacial score (nSPS) is 16.8. The molecule has 2 amide bonds. The van der Waals surface area contributed by atoms with Gasteiger partial charge in [0.1, 0.15) is 5.82 Å². The molecule has 1 N–H and O–H groups in total. The minimum absolute atomic E-state index is 0.0207. The molecule has 1 aromatic heterocycles. The van der Waals surface area contributed by atoms with E-state index in [1.165, 1.54) is 11.0 Å². The number of amides is 2. The summed E-state index contributed by atoms with van der Waals surface area (Å²) < 4.78 is 28.3. The van der Waals surface area contributed by atoms with Crippen molar-refractivity contribution in [1.29, 1.82) is 0 Å². The van der Waals surface area contributed by atoms with Crippen LogP contribution in [0.4, 0.5) is 20.3 Å². The number of aromatic nitrogens is 2. The van der Waals surface area contributed by atoms with Crippen LogP contribution in [0.5, 0.6) is 0 Å². The van der Waals surface area contributed by atoms with Crippen LogP contribution in [0.3, 0.4) is 0 Å². The number of nitrogens with one attached hydrogen (secondary N) is 1. The minimum atomic E-state index is -1.02. The van der Waals surface area contributed by atoms with Crippen molar-refractivity contribution in [2.75, 3.05) is 16.8 Å². The van der Waals surface area contributed by atoms with Crippen LogP contribution in [0.1, 0.15) is 31.9 Å². The zero-order valence-electron chi connectivity index (χ0n) is 15.3. The van der Waals surface area contributed by atoms with Gasteiger partial charge in [0.15, 0.2) is 11.6 Å². The highest BCUT2D eigenvalue weighted by atomic mass is 19.2. The van der Waals surface area contributed by atoms with Crippen LogP contribution >= 0.6 is 0 Å². The van der Waals surface area contributed by atoms with Gasteiger partial charge < -0.3 is 10.2 Å².